The second-order valence-corrected chi connectivity index (χ2v) is 5.95. The van der Waals surface area contributed by atoms with Crippen LogP contribution < -0.4 is 15.5 Å². The number of ether oxygens (including phenoxy) is 1. The summed E-state index contributed by atoms with van der Waals surface area (Å²) in [7, 11) is 1.56. The average Bonchev–Trinajstić information content (AvgIpc) is 3.12. The van der Waals surface area contributed by atoms with E-state index < -0.39 is 11.8 Å². The molecule has 0 fully saturated rings. The Bertz CT molecular complexity index is 1020. The molecular formula is C20H19N3O4. The van der Waals surface area contributed by atoms with Crippen LogP contribution in [0.1, 0.15) is 18.2 Å². The van der Waals surface area contributed by atoms with Gasteiger partial charge in [0.1, 0.15) is 5.71 Å². The molecule has 2 aromatic carbocycles. The monoisotopic (exact) mass is 365 g/mol. The number of furan rings is 1. The zero-order chi connectivity index (χ0) is 19.4. The van der Waals surface area contributed by atoms with Crippen LogP contribution in [0, 0.1) is 6.92 Å². The number of fused-ring (bicyclic) bond motifs is 1. The van der Waals surface area contributed by atoms with Crippen LogP contribution in [-0.2, 0) is 9.59 Å². The number of para-hydroxylation sites is 1. The van der Waals surface area contributed by atoms with Gasteiger partial charge < -0.3 is 14.5 Å². The van der Waals surface area contributed by atoms with E-state index in [9.17, 15) is 9.59 Å². The third kappa shape index (κ3) is 4.14. The Morgan fingerprint density at radius 2 is 1.81 bits per heavy atom. The number of hydrogen-bond donors (Lipinski definition) is 2. The lowest BCUT2D eigenvalue weighted by molar-refractivity contribution is -0.136. The van der Waals surface area contributed by atoms with E-state index in [1.54, 1.807) is 38.3 Å². The van der Waals surface area contributed by atoms with Gasteiger partial charge in [-0.3, -0.25) is 9.59 Å². The summed E-state index contributed by atoms with van der Waals surface area (Å²) in [5.41, 5.74) is 4.83. The first-order chi connectivity index (χ1) is 13.0. The molecule has 0 saturated heterocycles. The number of methoxy groups -OCH3 is 1. The maximum Gasteiger partial charge on any atom is 0.329 e. The van der Waals surface area contributed by atoms with Gasteiger partial charge in [-0.25, -0.2) is 5.43 Å². The maximum absolute atomic E-state index is 11.9. The largest absolute Gasteiger partial charge is 0.493 e. The van der Waals surface area contributed by atoms with Gasteiger partial charge in [0, 0.05) is 11.1 Å². The van der Waals surface area contributed by atoms with Crippen LogP contribution in [0.4, 0.5) is 5.69 Å². The first-order valence-corrected chi connectivity index (χ1v) is 8.27. The van der Waals surface area contributed by atoms with Crippen LogP contribution in [-0.4, -0.2) is 24.6 Å². The van der Waals surface area contributed by atoms with Crippen LogP contribution in [0.15, 0.2) is 58.0 Å². The molecule has 3 rings (SSSR count). The standard InChI is InChI=1S/C20H19N3O4/c1-12-7-9-15(10-8-12)21-19(24)20(25)23-22-13(2)17-11-14-5-4-6-16(26-3)18(14)27-17/h4-11H,1-3H3,(H,21,24)(H,23,25)/b22-13-. The van der Waals surface area contributed by atoms with Gasteiger partial charge in [-0.2, -0.15) is 5.10 Å². The summed E-state index contributed by atoms with van der Waals surface area (Å²) in [5.74, 6) is -0.605. The summed E-state index contributed by atoms with van der Waals surface area (Å²) >= 11 is 0. The Balaban J connectivity index is 1.68. The van der Waals surface area contributed by atoms with Gasteiger partial charge in [0.15, 0.2) is 17.1 Å². The summed E-state index contributed by atoms with van der Waals surface area (Å²) in [6, 6.07) is 14.4. The van der Waals surface area contributed by atoms with Crippen molar-refractivity contribution in [2.75, 3.05) is 12.4 Å². The summed E-state index contributed by atoms with van der Waals surface area (Å²) < 4.78 is 11.0. The molecule has 7 nitrogen and oxygen atoms in total. The lowest BCUT2D eigenvalue weighted by atomic mass is 10.2. The number of nitrogens with zero attached hydrogens (tertiary/aromatic N) is 1. The summed E-state index contributed by atoms with van der Waals surface area (Å²) in [5, 5.41) is 7.30. The number of nitrogens with one attached hydrogen (secondary N) is 2. The number of hydrogen-bond acceptors (Lipinski definition) is 5. The van der Waals surface area contributed by atoms with Crippen molar-refractivity contribution < 1.29 is 18.7 Å². The predicted octanol–water partition coefficient (Wildman–Crippen LogP) is 3.23. The third-order valence-corrected chi connectivity index (χ3v) is 3.93. The van der Waals surface area contributed by atoms with Crippen LogP contribution in [0.2, 0.25) is 0 Å². The number of anilines is 1. The van der Waals surface area contributed by atoms with Crippen LogP contribution in [0.25, 0.3) is 11.0 Å². The lowest BCUT2D eigenvalue weighted by Gasteiger charge is -2.04. The molecule has 2 N–H and O–H groups in total. The van der Waals surface area contributed by atoms with E-state index in [1.165, 1.54) is 0 Å². The van der Waals surface area contributed by atoms with Gasteiger partial charge in [0.2, 0.25) is 0 Å². The minimum Gasteiger partial charge on any atom is -0.493 e. The zero-order valence-electron chi connectivity index (χ0n) is 15.2. The Morgan fingerprint density at radius 1 is 1.07 bits per heavy atom. The van der Waals surface area contributed by atoms with Crippen molar-refractivity contribution in [3.05, 3.63) is 59.9 Å². The Kier molecular flexibility index (Phi) is 5.21. The fraction of sp³-hybridized carbons (Fsp3) is 0.150. The molecule has 1 aromatic heterocycles. The van der Waals surface area contributed by atoms with Gasteiger partial charge in [-0.1, -0.05) is 29.8 Å². The molecule has 0 bridgehead atoms. The molecule has 27 heavy (non-hydrogen) atoms. The van der Waals surface area contributed by atoms with Gasteiger partial charge in [-0.05, 0) is 38.1 Å². The van der Waals surface area contributed by atoms with Crippen molar-refractivity contribution in [1.82, 2.24) is 5.43 Å². The van der Waals surface area contributed by atoms with E-state index in [-0.39, 0.29) is 0 Å². The molecule has 0 unspecified atom stereocenters. The highest BCUT2D eigenvalue weighted by molar-refractivity contribution is 6.39. The predicted molar refractivity (Wildman–Crippen MR) is 103 cm³/mol. The van der Waals surface area contributed by atoms with E-state index in [1.807, 2.05) is 31.2 Å². The van der Waals surface area contributed by atoms with Crippen LogP contribution in [0.5, 0.6) is 5.75 Å². The van der Waals surface area contributed by atoms with Crippen molar-refractivity contribution in [2.24, 2.45) is 5.10 Å². The number of benzene rings is 2. The minimum atomic E-state index is -0.872. The number of aryl methyl sites for hydroxylation is 1. The van der Waals surface area contributed by atoms with E-state index in [4.69, 9.17) is 9.15 Å². The second-order valence-electron chi connectivity index (χ2n) is 5.95. The highest BCUT2D eigenvalue weighted by Gasteiger charge is 2.15. The lowest BCUT2D eigenvalue weighted by Crippen LogP contribution is -2.32. The third-order valence-electron chi connectivity index (χ3n) is 3.93. The summed E-state index contributed by atoms with van der Waals surface area (Å²) in [6.45, 7) is 3.60. The smallest absolute Gasteiger partial charge is 0.329 e. The molecule has 3 aromatic rings. The fourth-order valence-electron chi connectivity index (χ4n) is 2.44. The number of hydrazone groups is 1. The molecule has 0 atom stereocenters. The topological polar surface area (TPSA) is 92.9 Å². The highest BCUT2D eigenvalue weighted by atomic mass is 16.5. The van der Waals surface area contributed by atoms with Crippen molar-refractivity contribution in [3.63, 3.8) is 0 Å². The highest BCUT2D eigenvalue weighted by Crippen LogP contribution is 2.28. The molecule has 138 valence electrons. The van der Waals surface area contributed by atoms with Crippen molar-refractivity contribution >= 4 is 34.2 Å². The summed E-state index contributed by atoms with van der Waals surface area (Å²) in [4.78, 5) is 23.9. The molecule has 0 aliphatic rings. The van der Waals surface area contributed by atoms with Crippen molar-refractivity contribution in [3.8, 4) is 5.75 Å². The van der Waals surface area contributed by atoms with E-state index in [0.29, 0.717) is 28.5 Å². The SMILES string of the molecule is COc1cccc2cc(/C(C)=N\NC(=O)C(=O)Nc3ccc(C)cc3)oc12. The quantitative estimate of drug-likeness (QED) is 0.422. The zero-order valence-corrected chi connectivity index (χ0v) is 15.2. The minimum absolute atomic E-state index is 0.421. The maximum atomic E-state index is 11.9. The Labute approximate surface area is 156 Å². The van der Waals surface area contributed by atoms with E-state index >= 15 is 0 Å². The van der Waals surface area contributed by atoms with E-state index in [2.05, 4.69) is 15.8 Å². The molecule has 0 radical (unpaired) electrons. The molecule has 0 saturated carbocycles. The molecule has 7 heteroatoms. The molecular weight excluding hydrogens is 346 g/mol. The van der Waals surface area contributed by atoms with E-state index in [0.717, 1.165) is 10.9 Å². The van der Waals surface area contributed by atoms with Gasteiger partial charge in [0.05, 0.1) is 7.11 Å². The molecule has 0 aliphatic carbocycles. The van der Waals surface area contributed by atoms with Gasteiger partial charge in [-0.15, -0.1) is 0 Å². The number of amides is 2. The average molecular weight is 365 g/mol. The van der Waals surface area contributed by atoms with Gasteiger partial charge in [0.25, 0.3) is 0 Å². The van der Waals surface area contributed by atoms with Crippen LogP contribution >= 0.6 is 0 Å². The molecule has 0 spiro atoms. The molecule has 0 aliphatic heterocycles. The second kappa shape index (κ2) is 7.74. The first-order valence-electron chi connectivity index (χ1n) is 8.27. The van der Waals surface area contributed by atoms with Gasteiger partial charge >= 0.3 is 11.8 Å². The number of carbonyl (C=O) groups is 2. The Morgan fingerprint density at radius 3 is 2.52 bits per heavy atom. The van der Waals surface area contributed by atoms with Crippen molar-refractivity contribution in [2.45, 2.75) is 13.8 Å². The van der Waals surface area contributed by atoms with Crippen molar-refractivity contribution in [1.29, 1.82) is 0 Å². The Hall–Kier alpha value is -3.61. The normalized spacial score (nSPS) is 11.3. The molecule has 2 amide bonds. The fourth-order valence-corrected chi connectivity index (χ4v) is 2.44. The molecule has 1 heterocycles. The van der Waals surface area contributed by atoms with Crippen LogP contribution in [0.3, 0.4) is 0 Å². The first kappa shape index (κ1) is 18.2. The summed E-state index contributed by atoms with van der Waals surface area (Å²) in [6.07, 6.45) is 0. The number of rotatable bonds is 4. The number of carbonyl (C=O) groups excluding carboxylic acids is 2.